The Kier molecular flexibility index (Phi) is 7.59. The van der Waals surface area contributed by atoms with Crippen LogP contribution in [0.25, 0.3) is 0 Å². The van der Waals surface area contributed by atoms with Crippen LogP contribution in [0, 0.1) is 0 Å². The number of rotatable bonds is 9. The van der Waals surface area contributed by atoms with Crippen molar-refractivity contribution in [3.63, 3.8) is 0 Å². The SMILES string of the molecule is CCN(CC)S(=O)(=O)c1ccc(=O)n(CC(=O)N[C@@H](C)COC)c1. The van der Waals surface area contributed by atoms with E-state index >= 15 is 0 Å². The van der Waals surface area contributed by atoms with E-state index in [0.29, 0.717) is 19.7 Å². The lowest BCUT2D eigenvalue weighted by Gasteiger charge is -2.19. The summed E-state index contributed by atoms with van der Waals surface area (Å²) in [5.41, 5.74) is -0.442. The number of sulfonamides is 1. The molecule has 0 spiro atoms. The third-order valence-electron chi connectivity index (χ3n) is 3.44. The summed E-state index contributed by atoms with van der Waals surface area (Å²) in [6, 6.07) is 2.21. The highest BCUT2D eigenvalue weighted by Gasteiger charge is 2.22. The first-order chi connectivity index (χ1) is 11.3. The zero-order valence-corrected chi connectivity index (χ0v) is 15.3. The summed E-state index contributed by atoms with van der Waals surface area (Å²) in [4.78, 5) is 23.9. The Bertz CT molecular complexity index is 710. The minimum atomic E-state index is -3.69. The number of aromatic nitrogens is 1. The Labute approximate surface area is 142 Å². The molecule has 8 nitrogen and oxygen atoms in total. The van der Waals surface area contributed by atoms with Crippen LogP contribution < -0.4 is 10.9 Å². The zero-order chi connectivity index (χ0) is 18.3. The molecule has 0 aliphatic heterocycles. The number of hydrogen-bond acceptors (Lipinski definition) is 5. The van der Waals surface area contributed by atoms with Crippen molar-refractivity contribution < 1.29 is 17.9 Å². The molecule has 0 saturated heterocycles. The molecule has 0 saturated carbocycles. The number of nitrogens with one attached hydrogen (secondary N) is 1. The number of pyridine rings is 1. The van der Waals surface area contributed by atoms with Gasteiger partial charge in [-0.25, -0.2) is 8.42 Å². The number of methoxy groups -OCH3 is 1. The highest BCUT2D eigenvalue weighted by atomic mass is 32.2. The quantitative estimate of drug-likeness (QED) is 0.671. The van der Waals surface area contributed by atoms with Crippen molar-refractivity contribution in [2.45, 2.75) is 38.3 Å². The van der Waals surface area contributed by atoms with E-state index in [-0.39, 0.29) is 23.4 Å². The van der Waals surface area contributed by atoms with Crippen LogP contribution in [0.3, 0.4) is 0 Å². The second-order valence-electron chi connectivity index (χ2n) is 5.34. The molecule has 0 fully saturated rings. The zero-order valence-electron chi connectivity index (χ0n) is 14.5. The molecule has 1 aromatic rings. The van der Waals surface area contributed by atoms with Gasteiger partial charge in [-0.3, -0.25) is 9.59 Å². The number of ether oxygens (including phenoxy) is 1. The van der Waals surface area contributed by atoms with Crippen LogP contribution in [0.1, 0.15) is 20.8 Å². The third kappa shape index (κ3) is 5.15. The van der Waals surface area contributed by atoms with Gasteiger partial charge in [0, 0.05) is 38.5 Å². The largest absolute Gasteiger partial charge is 0.383 e. The summed E-state index contributed by atoms with van der Waals surface area (Å²) in [5, 5.41) is 2.68. The first-order valence-corrected chi connectivity index (χ1v) is 9.19. The van der Waals surface area contributed by atoms with Gasteiger partial charge in [-0.05, 0) is 13.0 Å². The smallest absolute Gasteiger partial charge is 0.251 e. The van der Waals surface area contributed by atoms with Gasteiger partial charge in [0.25, 0.3) is 5.56 Å². The van der Waals surface area contributed by atoms with E-state index in [9.17, 15) is 18.0 Å². The van der Waals surface area contributed by atoms with E-state index < -0.39 is 15.6 Å². The lowest BCUT2D eigenvalue weighted by molar-refractivity contribution is -0.122. The lowest BCUT2D eigenvalue weighted by Crippen LogP contribution is -2.39. The fourth-order valence-corrected chi connectivity index (χ4v) is 3.74. The van der Waals surface area contributed by atoms with Gasteiger partial charge in [0.1, 0.15) is 6.54 Å². The Morgan fingerprint density at radius 2 is 1.96 bits per heavy atom. The van der Waals surface area contributed by atoms with Gasteiger partial charge < -0.3 is 14.6 Å². The highest BCUT2D eigenvalue weighted by Crippen LogP contribution is 2.13. The van der Waals surface area contributed by atoms with Crippen molar-refractivity contribution >= 4 is 15.9 Å². The molecular weight excluding hydrogens is 334 g/mol. The van der Waals surface area contributed by atoms with Gasteiger partial charge in [-0.15, -0.1) is 0 Å². The van der Waals surface area contributed by atoms with E-state index in [1.165, 1.54) is 23.7 Å². The standard InChI is InChI=1S/C15H25N3O5S/c1-5-18(6-2)24(21,22)13-7-8-15(20)17(9-13)10-14(19)16-12(3)11-23-4/h7-9,12H,5-6,10-11H2,1-4H3,(H,16,19)/t12-/m0/s1. The van der Waals surface area contributed by atoms with E-state index in [1.54, 1.807) is 20.8 Å². The van der Waals surface area contributed by atoms with Crippen LogP contribution in [-0.2, 0) is 26.1 Å². The average molecular weight is 359 g/mol. The molecule has 24 heavy (non-hydrogen) atoms. The molecule has 1 amide bonds. The van der Waals surface area contributed by atoms with Crippen LogP contribution >= 0.6 is 0 Å². The van der Waals surface area contributed by atoms with Gasteiger partial charge in [-0.2, -0.15) is 4.31 Å². The minimum Gasteiger partial charge on any atom is -0.383 e. The molecule has 0 unspecified atom stereocenters. The van der Waals surface area contributed by atoms with Crippen LogP contribution in [0.4, 0.5) is 0 Å². The summed E-state index contributed by atoms with van der Waals surface area (Å²) in [5.74, 6) is -0.390. The summed E-state index contributed by atoms with van der Waals surface area (Å²) in [6.07, 6.45) is 1.20. The number of nitrogens with zero attached hydrogens (tertiary/aromatic N) is 2. The molecule has 0 aliphatic rings. The number of hydrogen-bond donors (Lipinski definition) is 1. The maximum atomic E-state index is 12.5. The van der Waals surface area contributed by atoms with E-state index in [0.717, 1.165) is 10.6 Å². The molecule has 1 N–H and O–H groups in total. The van der Waals surface area contributed by atoms with Gasteiger partial charge in [-0.1, -0.05) is 13.8 Å². The predicted molar refractivity (Wildman–Crippen MR) is 90.3 cm³/mol. The molecule has 1 rings (SSSR count). The van der Waals surface area contributed by atoms with Crippen LogP contribution in [-0.4, -0.2) is 56.0 Å². The molecule has 1 heterocycles. The van der Waals surface area contributed by atoms with Gasteiger partial charge >= 0.3 is 0 Å². The second-order valence-corrected chi connectivity index (χ2v) is 7.28. The summed E-state index contributed by atoms with van der Waals surface area (Å²) in [7, 11) is -2.16. The molecule has 1 aromatic heterocycles. The molecule has 0 aromatic carbocycles. The van der Waals surface area contributed by atoms with Crippen molar-refractivity contribution in [3.8, 4) is 0 Å². The molecule has 0 bridgehead atoms. The number of carbonyl (C=O) groups is 1. The van der Waals surface area contributed by atoms with E-state index in [1.807, 2.05) is 0 Å². The summed E-state index contributed by atoms with van der Waals surface area (Å²) in [6.45, 7) is 5.99. The van der Waals surface area contributed by atoms with Crippen LogP contribution in [0.15, 0.2) is 28.0 Å². The fraction of sp³-hybridized carbons (Fsp3) is 0.600. The Balaban J connectivity index is 3.03. The highest BCUT2D eigenvalue weighted by molar-refractivity contribution is 7.89. The predicted octanol–water partition coefficient (Wildman–Crippen LogP) is 0.0299. The van der Waals surface area contributed by atoms with Gasteiger partial charge in [0.05, 0.1) is 11.5 Å². The maximum absolute atomic E-state index is 12.5. The normalized spacial score (nSPS) is 13.0. The van der Waals surface area contributed by atoms with Crippen LogP contribution in [0.5, 0.6) is 0 Å². The fourth-order valence-electron chi connectivity index (χ4n) is 2.26. The third-order valence-corrected chi connectivity index (χ3v) is 5.47. The second kappa shape index (κ2) is 8.95. The van der Waals surface area contributed by atoms with E-state index in [2.05, 4.69) is 5.32 Å². The lowest BCUT2D eigenvalue weighted by atomic mass is 10.3. The van der Waals surface area contributed by atoms with Crippen molar-refractivity contribution in [1.82, 2.24) is 14.2 Å². The summed E-state index contributed by atoms with van der Waals surface area (Å²) >= 11 is 0. The topological polar surface area (TPSA) is 97.7 Å². The average Bonchev–Trinajstić information content (AvgIpc) is 2.50. The van der Waals surface area contributed by atoms with Gasteiger partial charge in [0.15, 0.2) is 0 Å². The van der Waals surface area contributed by atoms with Crippen LogP contribution in [0.2, 0.25) is 0 Å². The number of amides is 1. The Hall–Kier alpha value is -1.71. The van der Waals surface area contributed by atoms with E-state index in [4.69, 9.17) is 4.74 Å². The Morgan fingerprint density at radius 3 is 2.50 bits per heavy atom. The van der Waals surface area contributed by atoms with Crippen molar-refractivity contribution in [2.75, 3.05) is 26.8 Å². The van der Waals surface area contributed by atoms with Gasteiger partial charge in [0.2, 0.25) is 15.9 Å². The molecule has 0 aliphatic carbocycles. The maximum Gasteiger partial charge on any atom is 0.251 e. The molecule has 0 radical (unpaired) electrons. The first kappa shape index (κ1) is 20.3. The molecule has 9 heteroatoms. The van der Waals surface area contributed by atoms with Crippen molar-refractivity contribution in [1.29, 1.82) is 0 Å². The Morgan fingerprint density at radius 1 is 1.33 bits per heavy atom. The number of carbonyl (C=O) groups excluding carboxylic acids is 1. The molecule has 136 valence electrons. The molecule has 1 atom stereocenters. The first-order valence-electron chi connectivity index (χ1n) is 7.75. The minimum absolute atomic E-state index is 0.0106. The van der Waals surface area contributed by atoms with Crippen molar-refractivity contribution in [2.24, 2.45) is 0 Å². The van der Waals surface area contributed by atoms with Crippen molar-refractivity contribution in [3.05, 3.63) is 28.7 Å². The summed E-state index contributed by atoms with van der Waals surface area (Å²) < 4.78 is 32.3. The monoisotopic (exact) mass is 359 g/mol. The molecular formula is C15H25N3O5S.